The van der Waals surface area contributed by atoms with Crippen LogP contribution in [0, 0.1) is 6.92 Å². The van der Waals surface area contributed by atoms with Gasteiger partial charge >= 0.3 is 0 Å². The second-order valence-corrected chi connectivity index (χ2v) is 7.55. The zero-order chi connectivity index (χ0) is 18.1. The highest BCUT2D eigenvalue weighted by molar-refractivity contribution is 5.95. The Labute approximate surface area is 154 Å². The largest absolute Gasteiger partial charge is 0.376 e. The molecule has 2 aliphatic rings. The van der Waals surface area contributed by atoms with Crippen molar-refractivity contribution in [3.8, 4) is 0 Å². The maximum absolute atomic E-state index is 12.8. The van der Waals surface area contributed by atoms with Crippen LogP contribution in [0.1, 0.15) is 72.6 Å². The molecule has 4 rings (SSSR count). The maximum atomic E-state index is 12.8. The van der Waals surface area contributed by atoms with E-state index in [-0.39, 0.29) is 5.91 Å². The van der Waals surface area contributed by atoms with E-state index in [4.69, 9.17) is 4.52 Å². The predicted octanol–water partition coefficient (Wildman–Crippen LogP) is 3.88. The number of benzene rings is 1. The van der Waals surface area contributed by atoms with Gasteiger partial charge in [0.25, 0.3) is 5.91 Å². The van der Waals surface area contributed by atoms with E-state index in [1.54, 1.807) is 0 Å². The lowest BCUT2D eigenvalue weighted by Crippen LogP contribution is -2.42. The average Bonchev–Trinajstić information content (AvgIpc) is 3.39. The molecule has 1 saturated heterocycles. The first-order valence-electron chi connectivity index (χ1n) is 9.60. The Morgan fingerprint density at radius 3 is 2.88 bits per heavy atom. The summed E-state index contributed by atoms with van der Waals surface area (Å²) in [5.74, 6) is 2.07. The van der Waals surface area contributed by atoms with E-state index in [1.165, 1.54) is 6.42 Å². The van der Waals surface area contributed by atoms with Gasteiger partial charge in [-0.1, -0.05) is 5.16 Å². The molecule has 0 radical (unpaired) electrons. The van der Waals surface area contributed by atoms with Crippen LogP contribution >= 0.6 is 0 Å². The number of nitrogens with zero attached hydrogens (tertiary/aromatic N) is 3. The standard InChI is InChI=1S/C20H26N4O2/c1-13-11-16(20(25)24-10-4-3-5-14(24)2)8-9-17(13)21-12-18-22-19(23-26-18)15-6-7-15/h8-9,11,14-15,21H,3-7,10,12H2,1-2H3/t14-/m0/s1. The number of aryl methyl sites for hydroxylation is 1. The highest BCUT2D eigenvalue weighted by Crippen LogP contribution is 2.38. The molecule has 26 heavy (non-hydrogen) atoms. The number of amides is 1. The highest BCUT2D eigenvalue weighted by atomic mass is 16.5. The molecule has 1 N–H and O–H groups in total. The number of carbonyl (C=O) groups is 1. The monoisotopic (exact) mass is 354 g/mol. The number of carbonyl (C=O) groups excluding carboxylic acids is 1. The summed E-state index contributed by atoms with van der Waals surface area (Å²) in [7, 11) is 0. The van der Waals surface area contributed by atoms with Gasteiger partial charge in [0.15, 0.2) is 5.82 Å². The molecule has 6 heteroatoms. The summed E-state index contributed by atoms with van der Waals surface area (Å²) in [5.41, 5.74) is 2.79. The number of hydrogen-bond acceptors (Lipinski definition) is 5. The molecule has 0 spiro atoms. The van der Waals surface area contributed by atoms with Gasteiger partial charge < -0.3 is 14.7 Å². The molecule has 1 amide bonds. The van der Waals surface area contributed by atoms with Crippen LogP contribution in [-0.4, -0.2) is 33.5 Å². The number of piperidine rings is 1. The number of nitrogens with one attached hydrogen (secondary N) is 1. The first-order valence-corrected chi connectivity index (χ1v) is 9.60. The van der Waals surface area contributed by atoms with Gasteiger partial charge in [-0.3, -0.25) is 4.79 Å². The summed E-state index contributed by atoms with van der Waals surface area (Å²) in [4.78, 5) is 19.2. The SMILES string of the molecule is Cc1cc(C(=O)N2CCCC[C@@H]2C)ccc1NCc1nc(C2CC2)no1. The van der Waals surface area contributed by atoms with Gasteiger partial charge in [-0.05, 0) is 69.7 Å². The first kappa shape index (κ1) is 17.1. The van der Waals surface area contributed by atoms with Gasteiger partial charge in [0.1, 0.15) is 0 Å². The van der Waals surface area contributed by atoms with Crippen LogP contribution in [-0.2, 0) is 6.54 Å². The van der Waals surface area contributed by atoms with E-state index in [2.05, 4.69) is 22.4 Å². The van der Waals surface area contributed by atoms with Crippen LogP contribution in [0.2, 0.25) is 0 Å². The molecule has 6 nitrogen and oxygen atoms in total. The number of aromatic nitrogens is 2. The average molecular weight is 354 g/mol. The fraction of sp³-hybridized carbons (Fsp3) is 0.550. The van der Waals surface area contributed by atoms with Gasteiger partial charge in [0.05, 0.1) is 6.54 Å². The van der Waals surface area contributed by atoms with E-state index < -0.39 is 0 Å². The summed E-state index contributed by atoms with van der Waals surface area (Å²) in [6.07, 6.45) is 5.73. The lowest BCUT2D eigenvalue weighted by Gasteiger charge is -2.33. The molecule has 1 saturated carbocycles. The molecule has 0 unspecified atom stereocenters. The lowest BCUT2D eigenvalue weighted by molar-refractivity contribution is 0.0635. The van der Waals surface area contributed by atoms with Gasteiger partial charge in [-0.2, -0.15) is 4.98 Å². The van der Waals surface area contributed by atoms with Crippen molar-refractivity contribution in [2.24, 2.45) is 0 Å². The summed E-state index contributed by atoms with van der Waals surface area (Å²) < 4.78 is 5.30. The summed E-state index contributed by atoms with van der Waals surface area (Å²) in [6, 6.07) is 6.17. The third kappa shape index (κ3) is 3.59. The third-order valence-electron chi connectivity index (χ3n) is 5.39. The molecule has 2 fully saturated rings. The molecule has 1 aromatic carbocycles. The van der Waals surface area contributed by atoms with Crippen molar-refractivity contribution < 1.29 is 9.32 Å². The first-order chi connectivity index (χ1) is 12.6. The topological polar surface area (TPSA) is 71.3 Å². The van der Waals surface area contributed by atoms with E-state index >= 15 is 0 Å². The van der Waals surface area contributed by atoms with Crippen molar-refractivity contribution in [3.63, 3.8) is 0 Å². The van der Waals surface area contributed by atoms with Crippen LogP contribution in [0.15, 0.2) is 22.7 Å². The predicted molar refractivity (Wildman–Crippen MR) is 99.1 cm³/mol. The second kappa shape index (κ2) is 7.09. The molecule has 138 valence electrons. The van der Waals surface area contributed by atoms with E-state index in [1.807, 2.05) is 30.0 Å². The maximum Gasteiger partial charge on any atom is 0.254 e. The number of rotatable bonds is 5. The minimum Gasteiger partial charge on any atom is -0.376 e. The number of anilines is 1. The molecule has 1 aromatic heterocycles. The Kier molecular flexibility index (Phi) is 4.66. The molecular weight excluding hydrogens is 328 g/mol. The number of likely N-dealkylation sites (tertiary alicyclic amines) is 1. The van der Waals surface area contributed by atoms with E-state index in [9.17, 15) is 4.79 Å². The van der Waals surface area contributed by atoms with Crippen molar-refractivity contribution in [2.45, 2.75) is 64.5 Å². The Balaban J connectivity index is 1.40. The van der Waals surface area contributed by atoms with E-state index in [0.29, 0.717) is 24.4 Å². The van der Waals surface area contributed by atoms with Crippen LogP contribution in [0.4, 0.5) is 5.69 Å². The van der Waals surface area contributed by atoms with Crippen LogP contribution in [0.5, 0.6) is 0 Å². The molecule has 1 atom stereocenters. The minimum absolute atomic E-state index is 0.137. The molecule has 2 aromatic rings. The zero-order valence-corrected chi connectivity index (χ0v) is 15.5. The van der Waals surface area contributed by atoms with Gasteiger partial charge in [0, 0.05) is 29.8 Å². The normalized spacial score (nSPS) is 20.2. The van der Waals surface area contributed by atoms with Gasteiger partial charge in [-0.25, -0.2) is 0 Å². The van der Waals surface area contributed by atoms with Crippen molar-refractivity contribution in [3.05, 3.63) is 41.0 Å². The second-order valence-electron chi connectivity index (χ2n) is 7.55. The van der Waals surface area contributed by atoms with E-state index in [0.717, 1.165) is 54.9 Å². The minimum atomic E-state index is 0.137. The molecule has 1 aliphatic carbocycles. The quantitative estimate of drug-likeness (QED) is 0.882. The molecule has 1 aliphatic heterocycles. The Bertz CT molecular complexity index is 797. The van der Waals surface area contributed by atoms with Crippen molar-refractivity contribution in [1.82, 2.24) is 15.0 Å². The summed E-state index contributed by atoms with van der Waals surface area (Å²) in [6.45, 7) is 5.51. The van der Waals surface area contributed by atoms with Crippen molar-refractivity contribution in [2.75, 3.05) is 11.9 Å². The van der Waals surface area contributed by atoms with Crippen LogP contribution in [0.25, 0.3) is 0 Å². The zero-order valence-electron chi connectivity index (χ0n) is 15.5. The van der Waals surface area contributed by atoms with Crippen LogP contribution in [0.3, 0.4) is 0 Å². The lowest BCUT2D eigenvalue weighted by atomic mass is 10.0. The Morgan fingerprint density at radius 2 is 2.15 bits per heavy atom. The van der Waals surface area contributed by atoms with Crippen molar-refractivity contribution >= 4 is 11.6 Å². The highest BCUT2D eigenvalue weighted by Gasteiger charge is 2.28. The number of hydrogen-bond donors (Lipinski definition) is 1. The summed E-state index contributed by atoms with van der Waals surface area (Å²) in [5, 5.41) is 7.37. The molecular formula is C20H26N4O2. The van der Waals surface area contributed by atoms with Crippen LogP contribution < -0.4 is 5.32 Å². The Hall–Kier alpha value is -2.37. The fourth-order valence-electron chi connectivity index (χ4n) is 3.58. The fourth-order valence-corrected chi connectivity index (χ4v) is 3.58. The smallest absolute Gasteiger partial charge is 0.254 e. The van der Waals surface area contributed by atoms with Gasteiger partial charge in [-0.15, -0.1) is 0 Å². The molecule has 0 bridgehead atoms. The molecule has 2 heterocycles. The summed E-state index contributed by atoms with van der Waals surface area (Å²) >= 11 is 0. The Morgan fingerprint density at radius 1 is 1.31 bits per heavy atom. The van der Waals surface area contributed by atoms with Crippen molar-refractivity contribution in [1.29, 1.82) is 0 Å². The third-order valence-corrected chi connectivity index (χ3v) is 5.39. The van der Waals surface area contributed by atoms with Gasteiger partial charge in [0.2, 0.25) is 5.89 Å².